The number of hydrogen-bond donors (Lipinski definition) is 0. The summed E-state index contributed by atoms with van der Waals surface area (Å²) in [6, 6.07) is 8.07. The molecule has 4 rings (SSSR count). The van der Waals surface area contributed by atoms with E-state index >= 15 is 0 Å². The van der Waals surface area contributed by atoms with Crippen molar-refractivity contribution >= 4 is 11.8 Å². The minimum Gasteiger partial charge on any atom is -0.337 e. The number of aryl methyl sites for hydroxylation is 1. The van der Waals surface area contributed by atoms with Gasteiger partial charge >= 0.3 is 0 Å². The topological polar surface area (TPSA) is 58.4 Å². The van der Waals surface area contributed by atoms with Crippen molar-refractivity contribution in [2.24, 2.45) is 18.9 Å². The van der Waals surface area contributed by atoms with Gasteiger partial charge in [0.1, 0.15) is 11.5 Å². The second-order valence-corrected chi connectivity index (χ2v) is 8.12. The molecule has 2 saturated heterocycles. The van der Waals surface area contributed by atoms with E-state index < -0.39 is 0 Å². The van der Waals surface area contributed by atoms with Crippen molar-refractivity contribution < 1.29 is 14.0 Å². The van der Waals surface area contributed by atoms with Crippen molar-refractivity contribution in [3.05, 3.63) is 53.6 Å². The van der Waals surface area contributed by atoms with Gasteiger partial charge in [-0.15, -0.1) is 0 Å². The Morgan fingerprint density at radius 2 is 2.03 bits per heavy atom. The lowest BCUT2D eigenvalue weighted by atomic mass is 9.89. The summed E-state index contributed by atoms with van der Waals surface area (Å²) < 4.78 is 15.5. The quantitative estimate of drug-likeness (QED) is 0.778. The average Bonchev–Trinajstić information content (AvgIpc) is 3.39. The molecule has 29 heavy (non-hydrogen) atoms. The van der Waals surface area contributed by atoms with Crippen molar-refractivity contribution in [2.75, 3.05) is 19.6 Å². The lowest BCUT2D eigenvalue weighted by Crippen LogP contribution is -2.37. The molecular formula is C22H27FN4O2. The van der Waals surface area contributed by atoms with Crippen molar-refractivity contribution in [1.82, 2.24) is 19.6 Å². The van der Waals surface area contributed by atoms with Crippen LogP contribution < -0.4 is 0 Å². The molecule has 2 amide bonds. The first-order valence-electron chi connectivity index (χ1n) is 10.3. The van der Waals surface area contributed by atoms with E-state index in [2.05, 4.69) is 12.0 Å². The molecule has 0 bridgehead atoms. The van der Waals surface area contributed by atoms with Crippen molar-refractivity contribution in [2.45, 2.75) is 32.2 Å². The van der Waals surface area contributed by atoms with Crippen LogP contribution in [0, 0.1) is 17.7 Å². The van der Waals surface area contributed by atoms with Gasteiger partial charge in [0.25, 0.3) is 5.91 Å². The summed E-state index contributed by atoms with van der Waals surface area (Å²) in [6.07, 6.45) is 3.95. The van der Waals surface area contributed by atoms with Gasteiger partial charge in [-0.2, -0.15) is 5.10 Å². The van der Waals surface area contributed by atoms with E-state index in [1.165, 1.54) is 12.1 Å². The number of hydrogen-bond acceptors (Lipinski definition) is 3. The molecule has 2 aliphatic rings. The van der Waals surface area contributed by atoms with Gasteiger partial charge in [0.2, 0.25) is 5.91 Å². The van der Waals surface area contributed by atoms with Gasteiger partial charge in [0, 0.05) is 51.1 Å². The number of aromatic nitrogens is 2. The lowest BCUT2D eigenvalue weighted by Gasteiger charge is -2.30. The number of nitrogens with zero attached hydrogens (tertiary/aromatic N) is 4. The number of benzene rings is 1. The summed E-state index contributed by atoms with van der Waals surface area (Å²) in [5.41, 5.74) is 1.38. The molecule has 7 heteroatoms. The second-order valence-electron chi connectivity index (χ2n) is 8.12. The fourth-order valence-electron chi connectivity index (χ4n) is 4.80. The van der Waals surface area contributed by atoms with Crippen LogP contribution in [0.4, 0.5) is 4.39 Å². The number of amides is 2. The first-order valence-corrected chi connectivity index (χ1v) is 10.3. The molecule has 2 aromatic rings. The van der Waals surface area contributed by atoms with Crippen LogP contribution in [-0.4, -0.2) is 51.0 Å². The molecule has 0 unspecified atom stereocenters. The molecule has 2 fully saturated rings. The highest BCUT2D eigenvalue weighted by atomic mass is 19.1. The Kier molecular flexibility index (Phi) is 5.39. The number of halogens is 1. The molecule has 1 aromatic carbocycles. The number of likely N-dealkylation sites (tertiary alicyclic amines) is 2. The minimum absolute atomic E-state index is 0.0405. The SMILES string of the molecule is CCCCC(=O)N1C[C@@H]2CN(C(=O)c3ccnn3C)C[C@@H]2[C@H]1c1cccc(F)c1. The van der Waals surface area contributed by atoms with E-state index in [1.807, 2.05) is 15.9 Å². The third-order valence-corrected chi connectivity index (χ3v) is 6.25. The molecule has 1 aromatic heterocycles. The molecule has 0 saturated carbocycles. The Balaban J connectivity index is 1.59. The molecule has 6 nitrogen and oxygen atoms in total. The van der Waals surface area contributed by atoms with Crippen LogP contribution in [0.15, 0.2) is 36.5 Å². The third kappa shape index (κ3) is 3.66. The zero-order valence-corrected chi connectivity index (χ0v) is 16.9. The highest BCUT2D eigenvalue weighted by Crippen LogP contribution is 2.45. The van der Waals surface area contributed by atoms with E-state index in [-0.39, 0.29) is 35.5 Å². The molecule has 2 aliphatic heterocycles. The van der Waals surface area contributed by atoms with Gasteiger partial charge in [0.15, 0.2) is 0 Å². The largest absolute Gasteiger partial charge is 0.337 e. The van der Waals surface area contributed by atoms with Gasteiger partial charge in [-0.1, -0.05) is 25.5 Å². The normalized spacial score (nSPS) is 23.5. The molecule has 3 atom stereocenters. The van der Waals surface area contributed by atoms with Crippen LogP contribution in [0.3, 0.4) is 0 Å². The predicted octanol–water partition coefficient (Wildman–Crippen LogP) is 3.02. The second kappa shape index (κ2) is 7.97. The summed E-state index contributed by atoms with van der Waals surface area (Å²) in [7, 11) is 1.76. The minimum atomic E-state index is -0.298. The maximum absolute atomic E-state index is 14.0. The van der Waals surface area contributed by atoms with Crippen LogP contribution in [0.25, 0.3) is 0 Å². The molecule has 0 radical (unpaired) electrons. The summed E-state index contributed by atoms with van der Waals surface area (Å²) in [4.78, 5) is 29.6. The summed E-state index contributed by atoms with van der Waals surface area (Å²) in [5, 5.41) is 4.09. The van der Waals surface area contributed by atoms with Crippen molar-refractivity contribution in [1.29, 1.82) is 0 Å². The van der Waals surface area contributed by atoms with E-state index in [9.17, 15) is 14.0 Å². The van der Waals surface area contributed by atoms with Gasteiger partial charge in [-0.3, -0.25) is 14.3 Å². The Hall–Kier alpha value is -2.70. The third-order valence-electron chi connectivity index (χ3n) is 6.25. The first kappa shape index (κ1) is 19.6. The van der Waals surface area contributed by atoms with Crippen LogP contribution in [-0.2, 0) is 11.8 Å². The summed E-state index contributed by atoms with van der Waals surface area (Å²) >= 11 is 0. The van der Waals surface area contributed by atoms with Crippen LogP contribution in [0.2, 0.25) is 0 Å². The molecule has 0 N–H and O–H groups in total. The number of fused-ring (bicyclic) bond motifs is 1. The van der Waals surface area contributed by atoms with Gasteiger partial charge in [0.05, 0.1) is 6.04 Å². The zero-order chi connectivity index (χ0) is 20.5. The highest BCUT2D eigenvalue weighted by Gasteiger charge is 2.50. The molecular weight excluding hydrogens is 371 g/mol. The molecule has 154 valence electrons. The van der Waals surface area contributed by atoms with Gasteiger partial charge in [-0.05, 0) is 30.2 Å². The molecule has 0 spiro atoms. The number of carbonyl (C=O) groups is 2. The van der Waals surface area contributed by atoms with Crippen LogP contribution in [0.5, 0.6) is 0 Å². The Morgan fingerprint density at radius 1 is 1.21 bits per heavy atom. The lowest BCUT2D eigenvalue weighted by molar-refractivity contribution is -0.132. The molecule has 3 heterocycles. The standard InChI is InChI=1S/C22H27FN4O2/c1-3-4-8-20(28)27-13-16-12-26(22(29)19-9-10-24-25(19)2)14-18(16)21(27)15-6-5-7-17(23)11-15/h5-7,9-11,16,18,21H,3-4,8,12-14H2,1-2H3/t16-,18-,21+/m0/s1. The van der Waals surface area contributed by atoms with Crippen LogP contribution in [0.1, 0.15) is 48.3 Å². The maximum Gasteiger partial charge on any atom is 0.272 e. The number of rotatable bonds is 5. The van der Waals surface area contributed by atoms with Crippen molar-refractivity contribution in [3.8, 4) is 0 Å². The average molecular weight is 398 g/mol. The smallest absolute Gasteiger partial charge is 0.272 e. The Bertz CT molecular complexity index is 912. The highest BCUT2D eigenvalue weighted by molar-refractivity contribution is 5.92. The van der Waals surface area contributed by atoms with Crippen LogP contribution >= 0.6 is 0 Å². The fraction of sp³-hybridized carbons (Fsp3) is 0.500. The van der Waals surface area contributed by atoms with E-state index in [0.717, 1.165) is 18.4 Å². The predicted molar refractivity (Wildman–Crippen MR) is 106 cm³/mol. The van der Waals surface area contributed by atoms with E-state index in [1.54, 1.807) is 30.1 Å². The monoisotopic (exact) mass is 398 g/mol. The molecule has 0 aliphatic carbocycles. The summed E-state index contributed by atoms with van der Waals surface area (Å²) in [5.74, 6) is 0.0968. The Morgan fingerprint density at radius 3 is 2.72 bits per heavy atom. The fourth-order valence-corrected chi connectivity index (χ4v) is 4.80. The summed E-state index contributed by atoms with van der Waals surface area (Å²) in [6.45, 7) is 3.85. The maximum atomic E-state index is 14.0. The Labute approximate surface area is 170 Å². The van der Waals surface area contributed by atoms with E-state index in [4.69, 9.17) is 0 Å². The number of unbranched alkanes of at least 4 members (excludes halogenated alkanes) is 1. The number of carbonyl (C=O) groups excluding carboxylic acids is 2. The van der Waals surface area contributed by atoms with E-state index in [0.29, 0.717) is 31.7 Å². The first-order chi connectivity index (χ1) is 14.0. The zero-order valence-electron chi connectivity index (χ0n) is 16.9. The van der Waals surface area contributed by atoms with Gasteiger partial charge < -0.3 is 9.80 Å². The van der Waals surface area contributed by atoms with Gasteiger partial charge in [-0.25, -0.2) is 4.39 Å². The van der Waals surface area contributed by atoms with Crippen molar-refractivity contribution in [3.63, 3.8) is 0 Å².